The Morgan fingerprint density at radius 3 is 2.18 bits per heavy atom. The Morgan fingerprint density at radius 1 is 1.00 bits per heavy atom. The highest BCUT2D eigenvalue weighted by atomic mass is 79.9. The molecule has 1 aromatic rings. The Hall–Kier alpha value is -2.13. The minimum absolute atomic E-state index is 0.249. The topological polar surface area (TPSA) is 103 Å². The first kappa shape index (κ1) is 17.9. The predicted molar refractivity (Wildman–Crippen MR) is 78.8 cm³/mol. The summed E-state index contributed by atoms with van der Waals surface area (Å²) in [6.07, 6.45) is 0. The third-order valence-corrected chi connectivity index (χ3v) is 2.68. The van der Waals surface area contributed by atoms with E-state index >= 15 is 0 Å². The first-order valence-electron chi connectivity index (χ1n) is 6.12. The van der Waals surface area contributed by atoms with Crippen LogP contribution in [0.2, 0.25) is 0 Å². The van der Waals surface area contributed by atoms with Gasteiger partial charge in [-0.15, -0.1) is 0 Å². The lowest BCUT2D eigenvalue weighted by Gasteiger charge is -2.09. The summed E-state index contributed by atoms with van der Waals surface area (Å²) >= 11 is 3.27. The lowest BCUT2D eigenvalue weighted by molar-refractivity contribution is -0.152. The third kappa shape index (κ3) is 7.60. The Balaban J connectivity index is 2.18. The maximum absolute atomic E-state index is 11.4. The molecule has 9 heteroatoms. The molecule has 1 aromatic carbocycles. The summed E-state index contributed by atoms with van der Waals surface area (Å²) in [4.78, 5) is 33.6. The normalized spacial score (nSPS) is 9.73. The van der Waals surface area contributed by atoms with E-state index in [0.29, 0.717) is 5.75 Å². The van der Waals surface area contributed by atoms with Crippen molar-refractivity contribution in [1.29, 1.82) is 0 Å². The van der Waals surface area contributed by atoms with Gasteiger partial charge in [-0.2, -0.15) is 0 Å². The quantitative estimate of drug-likeness (QED) is 0.520. The first-order chi connectivity index (χ1) is 10.5. The molecule has 0 saturated carbocycles. The fraction of sp³-hybridized carbons (Fsp3) is 0.308. The van der Waals surface area contributed by atoms with Gasteiger partial charge in [0.15, 0.2) is 13.2 Å². The van der Waals surface area contributed by atoms with Crippen LogP contribution >= 0.6 is 15.9 Å². The van der Waals surface area contributed by atoms with Crippen LogP contribution in [0, 0.1) is 0 Å². The van der Waals surface area contributed by atoms with Crippen LogP contribution in [0.1, 0.15) is 0 Å². The number of hydrazine groups is 1. The second-order valence-electron chi connectivity index (χ2n) is 3.93. The fourth-order valence-corrected chi connectivity index (χ4v) is 1.46. The summed E-state index contributed by atoms with van der Waals surface area (Å²) in [5.74, 6) is -1.40. The summed E-state index contributed by atoms with van der Waals surface area (Å²) in [6.45, 7) is -1.04. The number of hydrogen-bond donors (Lipinski definition) is 2. The van der Waals surface area contributed by atoms with Gasteiger partial charge in [-0.3, -0.25) is 20.4 Å². The number of hydrogen-bond acceptors (Lipinski definition) is 6. The Labute approximate surface area is 135 Å². The minimum atomic E-state index is -0.679. The van der Waals surface area contributed by atoms with Gasteiger partial charge in [0.25, 0.3) is 11.8 Å². The number of rotatable bonds is 7. The third-order valence-electron chi connectivity index (χ3n) is 2.15. The van der Waals surface area contributed by atoms with Crippen LogP contribution in [-0.4, -0.2) is 44.7 Å². The van der Waals surface area contributed by atoms with Crippen molar-refractivity contribution in [2.45, 2.75) is 0 Å². The molecule has 0 aliphatic rings. The van der Waals surface area contributed by atoms with Crippen LogP contribution in [-0.2, 0) is 23.9 Å². The summed E-state index contributed by atoms with van der Waals surface area (Å²) in [5.41, 5.74) is 4.21. The molecule has 22 heavy (non-hydrogen) atoms. The average molecular weight is 375 g/mol. The number of halogens is 1. The van der Waals surface area contributed by atoms with Crippen LogP contribution in [0.3, 0.4) is 0 Å². The van der Waals surface area contributed by atoms with E-state index < -0.39 is 24.4 Å². The van der Waals surface area contributed by atoms with E-state index in [9.17, 15) is 14.4 Å². The minimum Gasteiger partial charge on any atom is -0.484 e. The molecule has 8 nitrogen and oxygen atoms in total. The van der Waals surface area contributed by atoms with Crippen molar-refractivity contribution < 1.29 is 28.6 Å². The van der Waals surface area contributed by atoms with Crippen molar-refractivity contribution >= 4 is 33.7 Å². The zero-order valence-corrected chi connectivity index (χ0v) is 13.3. The average Bonchev–Trinajstić information content (AvgIpc) is 2.50. The molecule has 0 spiro atoms. The van der Waals surface area contributed by atoms with Crippen molar-refractivity contribution in [1.82, 2.24) is 10.9 Å². The molecule has 0 aromatic heterocycles. The van der Waals surface area contributed by atoms with Gasteiger partial charge in [-0.05, 0) is 24.3 Å². The predicted octanol–water partition coefficient (Wildman–Crippen LogP) is 0.165. The van der Waals surface area contributed by atoms with E-state index in [1.54, 1.807) is 24.3 Å². The molecule has 0 aliphatic carbocycles. The molecular formula is C13H15BrN2O6. The van der Waals surface area contributed by atoms with Crippen LogP contribution < -0.4 is 15.6 Å². The van der Waals surface area contributed by atoms with Gasteiger partial charge in [-0.25, -0.2) is 4.79 Å². The van der Waals surface area contributed by atoms with Crippen molar-refractivity contribution in [3.63, 3.8) is 0 Å². The maximum atomic E-state index is 11.4. The highest BCUT2D eigenvalue weighted by Crippen LogP contribution is 2.15. The molecule has 0 saturated heterocycles. The zero-order valence-electron chi connectivity index (χ0n) is 11.8. The number of ether oxygens (including phenoxy) is 3. The van der Waals surface area contributed by atoms with Crippen molar-refractivity contribution in [3.8, 4) is 5.75 Å². The lowest BCUT2D eigenvalue weighted by atomic mass is 10.3. The van der Waals surface area contributed by atoms with Crippen molar-refractivity contribution in [3.05, 3.63) is 28.7 Å². The molecule has 0 bridgehead atoms. The number of esters is 1. The summed E-state index contributed by atoms with van der Waals surface area (Å²) < 4.78 is 15.2. The summed E-state index contributed by atoms with van der Waals surface area (Å²) in [6, 6.07) is 6.91. The first-order valence-corrected chi connectivity index (χ1v) is 6.91. The van der Waals surface area contributed by atoms with Gasteiger partial charge in [-0.1, -0.05) is 15.9 Å². The lowest BCUT2D eigenvalue weighted by Crippen LogP contribution is -2.45. The number of nitrogens with one attached hydrogen (secondary N) is 2. The van der Waals surface area contributed by atoms with Gasteiger partial charge in [0.05, 0.1) is 0 Å². The van der Waals surface area contributed by atoms with Crippen LogP contribution in [0.15, 0.2) is 28.7 Å². The van der Waals surface area contributed by atoms with E-state index in [4.69, 9.17) is 4.74 Å². The van der Waals surface area contributed by atoms with E-state index in [1.165, 1.54) is 7.11 Å². The molecule has 0 aliphatic heterocycles. The van der Waals surface area contributed by atoms with E-state index in [1.807, 2.05) is 0 Å². The molecule has 0 radical (unpaired) electrons. The number of benzene rings is 1. The molecular weight excluding hydrogens is 360 g/mol. The van der Waals surface area contributed by atoms with E-state index in [-0.39, 0.29) is 13.2 Å². The number of methoxy groups -OCH3 is 1. The van der Waals surface area contributed by atoms with Gasteiger partial charge >= 0.3 is 5.97 Å². The smallest absolute Gasteiger partial charge is 0.332 e. The molecule has 0 fully saturated rings. The number of amides is 2. The van der Waals surface area contributed by atoms with Gasteiger partial charge < -0.3 is 14.2 Å². The summed E-state index contributed by atoms with van der Waals surface area (Å²) in [7, 11) is 1.33. The standard InChI is InChI=1S/C13H15BrN2O6/c1-20-8-13(19)22-7-12(18)16-15-11(17)6-21-10-4-2-9(14)3-5-10/h2-5H,6-8H2,1H3,(H,15,17)(H,16,18). The second-order valence-corrected chi connectivity index (χ2v) is 4.85. The van der Waals surface area contributed by atoms with Gasteiger partial charge in [0, 0.05) is 11.6 Å². The molecule has 120 valence electrons. The monoisotopic (exact) mass is 374 g/mol. The van der Waals surface area contributed by atoms with Gasteiger partial charge in [0.2, 0.25) is 0 Å². The maximum Gasteiger partial charge on any atom is 0.332 e. The van der Waals surface area contributed by atoms with Gasteiger partial charge in [0.1, 0.15) is 12.4 Å². The Bertz CT molecular complexity index is 520. The molecule has 2 N–H and O–H groups in total. The molecule has 2 amide bonds. The van der Waals surface area contributed by atoms with Crippen LogP contribution in [0.25, 0.3) is 0 Å². The summed E-state index contributed by atoms with van der Waals surface area (Å²) in [5, 5.41) is 0. The van der Waals surface area contributed by atoms with Crippen molar-refractivity contribution in [2.75, 3.05) is 26.9 Å². The molecule has 0 heterocycles. The largest absolute Gasteiger partial charge is 0.484 e. The fourth-order valence-electron chi connectivity index (χ4n) is 1.20. The van der Waals surface area contributed by atoms with Crippen molar-refractivity contribution in [2.24, 2.45) is 0 Å². The highest BCUT2D eigenvalue weighted by molar-refractivity contribution is 9.10. The number of carbonyl (C=O) groups is 3. The SMILES string of the molecule is COCC(=O)OCC(=O)NNC(=O)COc1ccc(Br)cc1. The van der Waals surface area contributed by atoms with E-state index in [0.717, 1.165) is 4.47 Å². The Morgan fingerprint density at radius 2 is 1.59 bits per heavy atom. The molecule has 0 atom stereocenters. The molecule has 1 rings (SSSR count). The molecule has 0 unspecified atom stereocenters. The highest BCUT2D eigenvalue weighted by Gasteiger charge is 2.08. The zero-order chi connectivity index (χ0) is 16.4. The van der Waals surface area contributed by atoms with E-state index in [2.05, 4.69) is 36.3 Å². The number of carbonyl (C=O) groups excluding carboxylic acids is 3. The van der Waals surface area contributed by atoms with Crippen LogP contribution in [0.5, 0.6) is 5.75 Å². The Kier molecular flexibility index (Phi) is 7.94. The second kappa shape index (κ2) is 9.74. The van der Waals surface area contributed by atoms with Crippen LogP contribution in [0.4, 0.5) is 0 Å².